The second-order valence-corrected chi connectivity index (χ2v) is 9.02. The van der Waals surface area contributed by atoms with Gasteiger partial charge in [0.1, 0.15) is 23.5 Å². The lowest BCUT2D eigenvalue weighted by atomic mass is 10.3. The predicted octanol–water partition coefficient (Wildman–Crippen LogP) is 7.16. The van der Waals surface area contributed by atoms with Crippen LogP contribution in [0.15, 0.2) is 146 Å². The maximum Gasteiger partial charge on any atom is 0.219 e. The number of nitrogens with zero attached hydrogens (tertiary/aromatic N) is 3. The van der Waals surface area contributed by atoms with Crippen molar-refractivity contribution in [2.45, 2.75) is 13.2 Å². The largest absolute Gasteiger partial charge is 0.508 e. The number of hydrogen-bond acceptors (Lipinski definition) is 9. The van der Waals surface area contributed by atoms with Crippen LogP contribution in [0.1, 0.15) is 21.5 Å². The molecule has 3 N–H and O–H groups in total. The Labute approximate surface area is 265 Å². The van der Waals surface area contributed by atoms with Gasteiger partial charge in [0.2, 0.25) is 17.7 Å². The van der Waals surface area contributed by atoms with Crippen molar-refractivity contribution in [3.05, 3.63) is 169 Å². The maximum absolute atomic E-state index is 12.1. The van der Waals surface area contributed by atoms with Crippen molar-refractivity contribution in [3.8, 4) is 29.0 Å². The number of aromatic hydroxyl groups is 1. The normalized spacial score (nSPS) is 9.54. The van der Waals surface area contributed by atoms with Gasteiger partial charge in [-0.15, -0.1) is 0 Å². The van der Waals surface area contributed by atoms with E-state index in [-0.39, 0.29) is 13.2 Å². The van der Waals surface area contributed by atoms with Gasteiger partial charge in [0.05, 0.1) is 13.2 Å². The third-order valence-electron chi connectivity index (χ3n) is 5.54. The predicted molar refractivity (Wildman–Crippen MR) is 171 cm³/mol. The van der Waals surface area contributed by atoms with Crippen LogP contribution in [0.3, 0.4) is 0 Å². The molecule has 0 spiro atoms. The van der Waals surface area contributed by atoms with Gasteiger partial charge < -0.3 is 24.8 Å². The van der Waals surface area contributed by atoms with Crippen molar-refractivity contribution in [1.29, 1.82) is 0 Å². The molecule has 0 fully saturated rings. The number of carbonyl (C=O) groups excluding carboxylic acids is 1. The van der Waals surface area contributed by atoms with Crippen LogP contribution in [0.2, 0.25) is 0 Å². The number of aliphatic hydroxyl groups excluding tert-OH is 2. The Balaban J connectivity index is 0.000000175. The molecule has 234 valence electrons. The van der Waals surface area contributed by atoms with E-state index >= 15 is 0 Å². The molecule has 0 saturated heterocycles. The number of phenolic OH excluding ortho intramolecular Hbond substituents is 1. The number of pyridine rings is 3. The molecule has 0 amide bonds. The lowest BCUT2D eigenvalue weighted by Crippen LogP contribution is -1.90. The number of aromatic nitrogens is 3. The third-order valence-corrected chi connectivity index (χ3v) is 5.54. The highest BCUT2D eigenvalue weighted by atomic mass is 19.1. The average molecular weight is 622 g/mol. The van der Waals surface area contributed by atoms with E-state index in [1.54, 1.807) is 67.0 Å². The van der Waals surface area contributed by atoms with Crippen LogP contribution >= 0.6 is 0 Å². The zero-order valence-corrected chi connectivity index (χ0v) is 24.6. The van der Waals surface area contributed by atoms with E-state index in [9.17, 15) is 9.18 Å². The van der Waals surface area contributed by atoms with E-state index in [4.69, 9.17) is 24.8 Å². The second-order valence-electron chi connectivity index (χ2n) is 9.02. The Morgan fingerprint density at radius 1 is 0.587 bits per heavy atom. The first-order valence-electron chi connectivity index (χ1n) is 13.9. The van der Waals surface area contributed by atoms with Gasteiger partial charge in [-0.3, -0.25) is 4.79 Å². The van der Waals surface area contributed by atoms with E-state index in [0.29, 0.717) is 34.4 Å². The van der Waals surface area contributed by atoms with Crippen LogP contribution in [0.25, 0.3) is 0 Å². The van der Waals surface area contributed by atoms with Gasteiger partial charge in [-0.1, -0.05) is 54.6 Å². The molecule has 3 heterocycles. The molecule has 0 unspecified atom stereocenters. The minimum Gasteiger partial charge on any atom is -0.508 e. The summed E-state index contributed by atoms with van der Waals surface area (Å²) in [5.41, 5.74) is 1.88. The zero-order chi connectivity index (χ0) is 32.8. The molecular formula is C36H32FN3O6. The van der Waals surface area contributed by atoms with Gasteiger partial charge in [0, 0.05) is 36.3 Å². The molecule has 6 rings (SSSR count). The summed E-state index contributed by atoms with van der Waals surface area (Å²) in [6, 6.07) is 36.9. The quantitative estimate of drug-likeness (QED) is 0.125. The number of benzene rings is 3. The van der Waals surface area contributed by atoms with E-state index in [2.05, 4.69) is 15.0 Å². The number of halogens is 1. The van der Waals surface area contributed by atoms with Crippen molar-refractivity contribution >= 4 is 6.29 Å². The van der Waals surface area contributed by atoms with Crippen molar-refractivity contribution < 1.29 is 34.0 Å². The lowest BCUT2D eigenvalue weighted by molar-refractivity contribution is 0.112. The maximum atomic E-state index is 12.1. The third kappa shape index (κ3) is 13.6. The number of carbonyl (C=O) groups is 1. The first kappa shape index (κ1) is 34.5. The fourth-order valence-electron chi connectivity index (χ4n) is 3.35. The molecule has 46 heavy (non-hydrogen) atoms. The van der Waals surface area contributed by atoms with E-state index in [1.807, 2.05) is 66.7 Å². The summed E-state index contributed by atoms with van der Waals surface area (Å²) in [7, 11) is 0. The molecule has 0 aliphatic carbocycles. The molecular weight excluding hydrogens is 589 g/mol. The van der Waals surface area contributed by atoms with Crippen molar-refractivity contribution in [1.82, 2.24) is 15.0 Å². The van der Waals surface area contributed by atoms with E-state index in [0.717, 1.165) is 17.6 Å². The van der Waals surface area contributed by atoms with Crippen molar-refractivity contribution in [3.63, 3.8) is 0 Å². The summed E-state index contributed by atoms with van der Waals surface area (Å²) < 4.78 is 23.1. The summed E-state index contributed by atoms with van der Waals surface area (Å²) in [6.45, 7) is -0.146. The summed E-state index contributed by atoms with van der Waals surface area (Å²) in [5, 5.41) is 26.0. The molecule has 0 radical (unpaired) electrons. The molecule has 0 saturated carbocycles. The van der Waals surface area contributed by atoms with Gasteiger partial charge in [0.25, 0.3) is 0 Å². The molecule has 10 heteroatoms. The number of hydrogen-bond donors (Lipinski definition) is 3. The highest BCUT2D eigenvalue weighted by Gasteiger charge is 2.00. The minimum atomic E-state index is -0.554. The first-order valence-corrected chi connectivity index (χ1v) is 13.9. The van der Waals surface area contributed by atoms with Crippen LogP contribution in [0.5, 0.6) is 29.0 Å². The number of para-hydroxylation sites is 3. The smallest absolute Gasteiger partial charge is 0.219 e. The summed E-state index contributed by atoms with van der Waals surface area (Å²) in [4.78, 5) is 21.9. The minimum absolute atomic E-state index is 0.00628. The number of rotatable bonds is 7. The monoisotopic (exact) mass is 621 g/mol. The standard InChI is InChI=1S/C12H11NO2.C12H9NO2.C6H6FNO.C6H6O/c2*14-9-10-6-7-13-12(8-10)15-11-4-2-1-3-5-11;7-6-3-5(4-9)1-2-8-6;7-6-4-2-1-3-5-6/h1-8,14H,9H2;1-9H;1-3,9H,4H2;1-5,7H. The first-order chi connectivity index (χ1) is 22.5. The van der Waals surface area contributed by atoms with Crippen LogP contribution in [-0.2, 0) is 13.2 Å². The fourth-order valence-corrected chi connectivity index (χ4v) is 3.35. The van der Waals surface area contributed by atoms with Gasteiger partial charge in [0.15, 0.2) is 0 Å². The summed E-state index contributed by atoms with van der Waals surface area (Å²) in [6.07, 6.45) is 5.24. The highest BCUT2D eigenvalue weighted by Crippen LogP contribution is 2.20. The molecule has 0 bridgehead atoms. The number of phenols is 1. The second kappa shape index (κ2) is 20.1. The lowest BCUT2D eigenvalue weighted by Gasteiger charge is -2.04. The molecule has 9 nitrogen and oxygen atoms in total. The van der Waals surface area contributed by atoms with Crippen molar-refractivity contribution in [2.75, 3.05) is 0 Å². The Kier molecular flexibility index (Phi) is 15.1. The summed E-state index contributed by atoms with van der Waals surface area (Å²) in [5.74, 6) is 2.12. The number of aliphatic hydroxyl groups is 2. The molecule has 3 aromatic heterocycles. The van der Waals surface area contributed by atoms with Crippen LogP contribution < -0.4 is 9.47 Å². The Morgan fingerprint density at radius 2 is 1.04 bits per heavy atom. The average Bonchev–Trinajstić information content (AvgIpc) is 3.10. The molecule has 0 aliphatic heterocycles. The Hall–Kier alpha value is -5.97. The summed E-state index contributed by atoms with van der Waals surface area (Å²) >= 11 is 0. The molecule has 6 aromatic rings. The number of ether oxygens (including phenoxy) is 2. The Bertz CT molecular complexity index is 1710. The van der Waals surface area contributed by atoms with Gasteiger partial charge in [-0.05, 0) is 71.8 Å². The SMILES string of the molecule is O=Cc1ccnc(Oc2ccccc2)c1.OCc1ccnc(F)c1.OCc1ccnc(Oc2ccccc2)c1.Oc1ccccc1. The Morgan fingerprint density at radius 3 is 1.48 bits per heavy atom. The van der Waals surface area contributed by atoms with Crippen LogP contribution in [0, 0.1) is 5.95 Å². The molecule has 3 aromatic carbocycles. The molecule has 0 atom stereocenters. The molecule has 0 aliphatic rings. The topological polar surface area (TPSA) is 135 Å². The van der Waals surface area contributed by atoms with E-state index < -0.39 is 5.95 Å². The fraction of sp³-hybridized carbons (Fsp3) is 0.0556. The highest BCUT2D eigenvalue weighted by molar-refractivity contribution is 5.74. The van der Waals surface area contributed by atoms with Crippen LogP contribution in [0.4, 0.5) is 4.39 Å². The van der Waals surface area contributed by atoms with Gasteiger partial charge in [-0.2, -0.15) is 4.39 Å². The number of aldehydes is 1. The van der Waals surface area contributed by atoms with Gasteiger partial charge >= 0.3 is 0 Å². The zero-order valence-electron chi connectivity index (χ0n) is 24.6. The van der Waals surface area contributed by atoms with Crippen LogP contribution in [-0.4, -0.2) is 36.6 Å². The van der Waals surface area contributed by atoms with Crippen molar-refractivity contribution in [2.24, 2.45) is 0 Å². The van der Waals surface area contributed by atoms with E-state index in [1.165, 1.54) is 12.3 Å². The van der Waals surface area contributed by atoms with Gasteiger partial charge in [-0.25, -0.2) is 15.0 Å².